The summed E-state index contributed by atoms with van der Waals surface area (Å²) in [5.74, 6) is 0.556. The summed E-state index contributed by atoms with van der Waals surface area (Å²) in [5, 5.41) is 3.45. The van der Waals surface area contributed by atoms with Crippen LogP contribution in [-0.2, 0) is 9.53 Å². The third-order valence-electron chi connectivity index (χ3n) is 3.68. The monoisotopic (exact) mass is 305 g/mol. The lowest BCUT2D eigenvalue weighted by atomic mass is 9.93. The number of halogens is 1. The van der Waals surface area contributed by atoms with Crippen molar-refractivity contribution in [2.75, 3.05) is 13.7 Å². The summed E-state index contributed by atoms with van der Waals surface area (Å²) in [5.41, 5.74) is 0. The van der Waals surface area contributed by atoms with E-state index >= 15 is 0 Å². The molecular weight excluding hydrogens is 282 g/mol. The highest BCUT2D eigenvalue weighted by Crippen LogP contribution is 2.25. The summed E-state index contributed by atoms with van der Waals surface area (Å²) in [6.07, 6.45) is 8.11. The standard InChI is InChI=1S/C13H24BrNO2/c1-10(11-7-5-3-4-6-8-11)15-9-12(14)13(16)17-2/h10-12,15H,3-9H2,1-2H3/t10-,12?/m1/s1. The van der Waals surface area contributed by atoms with Crippen molar-refractivity contribution in [3.05, 3.63) is 0 Å². The molecule has 1 fully saturated rings. The highest BCUT2D eigenvalue weighted by Gasteiger charge is 2.21. The molecule has 1 unspecified atom stereocenters. The Bertz CT molecular complexity index is 227. The zero-order valence-electron chi connectivity index (χ0n) is 10.9. The van der Waals surface area contributed by atoms with Crippen LogP contribution in [0.15, 0.2) is 0 Å². The Hall–Kier alpha value is -0.0900. The lowest BCUT2D eigenvalue weighted by molar-refractivity contribution is -0.139. The number of esters is 1. The smallest absolute Gasteiger partial charge is 0.320 e. The largest absolute Gasteiger partial charge is 0.468 e. The van der Waals surface area contributed by atoms with Gasteiger partial charge in [-0.05, 0) is 25.7 Å². The molecule has 100 valence electrons. The van der Waals surface area contributed by atoms with Crippen LogP contribution < -0.4 is 5.32 Å². The molecule has 3 nitrogen and oxygen atoms in total. The summed E-state index contributed by atoms with van der Waals surface area (Å²) in [4.78, 5) is 11.0. The van der Waals surface area contributed by atoms with E-state index in [0.29, 0.717) is 12.6 Å². The number of carbonyl (C=O) groups is 1. The third-order valence-corrected chi connectivity index (χ3v) is 4.38. The molecule has 0 heterocycles. The molecule has 1 rings (SSSR count). The second-order valence-electron chi connectivity index (χ2n) is 4.94. The van der Waals surface area contributed by atoms with Crippen LogP contribution in [0.1, 0.15) is 45.4 Å². The normalized spacial score (nSPS) is 21.6. The van der Waals surface area contributed by atoms with Crippen molar-refractivity contribution >= 4 is 21.9 Å². The van der Waals surface area contributed by atoms with E-state index in [2.05, 4.69) is 32.9 Å². The van der Waals surface area contributed by atoms with Gasteiger partial charge in [0.15, 0.2) is 0 Å². The molecule has 1 aliphatic rings. The zero-order valence-corrected chi connectivity index (χ0v) is 12.5. The first-order valence-corrected chi connectivity index (χ1v) is 7.52. The number of alkyl halides is 1. The maximum atomic E-state index is 11.2. The molecule has 0 radical (unpaired) electrons. The molecule has 1 aliphatic carbocycles. The number of hydrogen-bond donors (Lipinski definition) is 1. The Balaban J connectivity index is 2.27. The molecule has 0 aromatic rings. The fourth-order valence-corrected chi connectivity index (χ4v) is 2.85. The van der Waals surface area contributed by atoms with E-state index in [1.165, 1.54) is 45.6 Å². The average Bonchev–Trinajstić information content (AvgIpc) is 2.63. The van der Waals surface area contributed by atoms with Crippen molar-refractivity contribution < 1.29 is 9.53 Å². The van der Waals surface area contributed by atoms with Crippen molar-refractivity contribution in [2.24, 2.45) is 5.92 Å². The molecule has 17 heavy (non-hydrogen) atoms. The van der Waals surface area contributed by atoms with Crippen LogP contribution in [0.5, 0.6) is 0 Å². The second-order valence-corrected chi connectivity index (χ2v) is 6.04. The molecule has 1 N–H and O–H groups in total. The molecule has 0 spiro atoms. The van der Waals surface area contributed by atoms with E-state index < -0.39 is 0 Å². The van der Waals surface area contributed by atoms with Gasteiger partial charge in [-0.2, -0.15) is 0 Å². The number of carbonyl (C=O) groups excluding carboxylic acids is 1. The Morgan fingerprint density at radius 3 is 2.47 bits per heavy atom. The number of nitrogens with one attached hydrogen (secondary N) is 1. The highest BCUT2D eigenvalue weighted by molar-refractivity contribution is 9.10. The minimum absolute atomic E-state index is 0.203. The molecule has 0 aliphatic heterocycles. The van der Waals surface area contributed by atoms with Crippen LogP contribution in [0.25, 0.3) is 0 Å². The Kier molecular flexibility index (Phi) is 7.12. The minimum Gasteiger partial charge on any atom is -0.468 e. The first-order valence-electron chi connectivity index (χ1n) is 6.60. The molecule has 0 bridgehead atoms. The van der Waals surface area contributed by atoms with Gasteiger partial charge in [0.1, 0.15) is 4.83 Å². The van der Waals surface area contributed by atoms with Gasteiger partial charge in [-0.1, -0.05) is 41.6 Å². The van der Waals surface area contributed by atoms with Crippen LogP contribution >= 0.6 is 15.9 Å². The van der Waals surface area contributed by atoms with Gasteiger partial charge in [-0.25, -0.2) is 0 Å². The first-order chi connectivity index (χ1) is 8.15. The highest BCUT2D eigenvalue weighted by atomic mass is 79.9. The van der Waals surface area contributed by atoms with Crippen LogP contribution in [0.2, 0.25) is 0 Å². The first kappa shape index (κ1) is 15.0. The molecule has 0 aromatic heterocycles. The molecule has 2 atom stereocenters. The Morgan fingerprint density at radius 2 is 1.94 bits per heavy atom. The Labute approximate surface area is 113 Å². The zero-order chi connectivity index (χ0) is 12.7. The molecular formula is C13H24BrNO2. The minimum atomic E-state index is -0.235. The SMILES string of the molecule is COC(=O)C(Br)CN[C@H](C)C1CCCCCC1. The van der Waals surface area contributed by atoms with Crippen molar-refractivity contribution in [1.29, 1.82) is 0 Å². The van der Waals surface area contributed by atoms with Gasteiger partial charge in [0.25, 0.3) is 0 Å². The summed E-state index contributed by atoms with van der Waals surface area (Å²) in [6, 6.07) is 0.484. The van der Waals surface area contributed by atoms with E-state index in [-0.39, 0.29) is 10.8 Å². The maximum Gasteiger partial charge on any atom is 0.320 e. The summed E-state index contributed by atoms with van der Waals surface area (Å²) in [6.45, 7) is 2.87. The van der Waals surface area contributed by atoms with Crippen LogP contribution in [0.4, 0.5) is 0 Å². The summed E-state index contributed by atoms with van der Waals surface area (Å²) in [7, 11) is 1.42. The maximum absolute atomic E-state index is 11.2. The van der Waals surface area contributed by atoms with Gasteiger partial charge in [-0.15, -0.1) is 0 Å². The van der Waals surface area contributed by atoms with E-state index in [1.807, 2.05) is 0 Å². The fraction of sp³-hybridized carbons (Fsp3) is 0.923. The number of hydrogen-bond acceptors (Lipinski definition) is 3. The number of rotatable bonds is 5. The molecule has 4 heteroatoms. The van der Waals surface area contributed by atoms with Crippen LogP contribution in [-0.4, -0.2) is 30.5 Å². The lowest BCUT2D eigenvalue weighted by Crippen LogP contribution is -2.39. The van der Waals surface area contributed by atoms with Crippen molar-refractivity contribution in [3.63, 3.8) is 0 Å². The predicted octanol–water partition coefficient (Wildman–Crippen LogP) is 2.87. The average molecular weight is 306 g/mol. The quantitative estimate of drug-likeness (QED) is 0.482. The molecule has 0 amide bonds. The van der Waals surface area contributed by atoms with Crippen molar-refractivity contribution in [2.45, 2.75) is 56.3 Å². The van der Waals surface area contributed by atoms with Crippen molar-refractivity contribution in [1.82, 2.24) is 5.32 Å². The summed E-state index contributed by atoms with van der Waals surface area (Å²) < 4.78 is 4.68. The van der Waals surface area contributed by atoms with Gasteiger partial charge in [0.2, 0.25) is 0 Å². The van der Waals surface area contributed by atoms with Gasteiger partial charge in [0.05, 0.1) is 7.11 Å². The third kappa shape index (κ3) is 5.38. The molecule has 0 aromatic carbocycles. The van der Waals surface area contributed by atoms with Gasteiger partial charge in [-0.3, -0.25) is 4.79 Å². The number of methoxy groups -OCH3 is 1. The Morgan fingerprint density at radius 1 is 1.35 bits per heavy atom. The van der Waals surface area contributed by atoms with Crippen molar-refractivity contribution in [3.8, 4) is 0 Å². The lowest BCUT2D eigenvalue weighted by Gasteiger charge is -2.24. The van der Waals surface area contributed by atoms with E-state index in [9.17, 15) is 4.79 Å². The van der Waals surface area contributed by atoms with E-state index in [0.717, 1.165) is 5.92 Å². The summed E-state index contributed by atoms with van der Waals surface area (Å²) >= 11 is 3.33. The number of ether oxygens (including phenoxy) is 1. The fourth-order valence-electron chi connectivity index (χ4n) is 2.48. The second kappa shape index (κ2) is 8.09. The van der Waals surface area contributed by atoms with E-state index in [1.54, 1.807) is 0 Å². The molecule has 1 saturated carbocycles. The van der Waals surface area contributed by atoms with Gasteiger partial charge >= 0.3 is 5.97 Å². The topological polar surface area (TPSA) is 38.3 Å². The van der Waals surface area contributed by atoms with Crippen LogP contribution in [0, 0.1) is 5.92 Å². The predicted molar refractivity (Wildman–Crippen MR) is 73.4 cm³/mol. The molecule has 0 saturated heterocycles. The van der Waals surface area contributed by atoms with E-state index in [4.69, 9.17) is 0 Å². The van der Waals surface area contributed by atoms with Crippen LogP contribution in [0.3, 0.4) is 0 Å². The van der Waals surface area contributed by atoms with Gasteiger partial charge < -0.3 is 10.1 Å². The van der Waals surface area contributed by atoms with Gasteiger partial charge in [0, 0.05) is 12.6 Å².